The predicted molar refractivity (Wildman–Crippen MR) is 88.4 cm³/mol. The molecular formula is C17H23FN2S. The molecule has 1 aliphatic carbocycles. The summed E-state index contributed by atoms with van der Waals surface area (Å²) in [6.45, 7) is 4.27. The number of thioether (sulfide) groups is 1. The molecule has 21 heavy (non-hydrogen) atoms. The second-order valence-corrected chi connectivity index (χ2v) is 7.38. The summed E-state index contributed by atoms with van der Waals surface area (Å²) in [5, 5.41) is 4.72. The Morgan fingerprint density at radius 1 is 1.19 bits per heavy atom. The molecule has 114 valence electrons. The van der Waals surface area contributed by atoms with Crippen LogP contribution in [0.4, 0.5) is 4.39 Å². The molecule has 1 heterocycles. The minimum atomic E-state index is -0.0964. The summed E-state index contributed by atoms with van der Waals surface area (Å²) in [7, 11) is 0. The largest absolute Gasteiger partial charge is 0.359 e. The van der Waals surface area contributed by atoms with Gasteiger partial charge in [-0.25, -0.2) is 4.39 Å². The topological polar surface area (TPSA) is 24.4 Å². The van der Waals surface area contributed by atoms with Crippen LogP contribution in [0.15, 0.2) is 17.1 Å². The molecule has 0 aromatic heterocycles. The highest BCUT2D eigenvalue weighted by Gasteiger charge is 2.37. The van der Waals surface area contributed by atoms with Crippen LogP contribution in [0.25, 0.3) is 0 Å². The van der Waals surface area contributed by atoms with Gasteiger partial charge in [-0.05, 0) is 43.4 Å². The van der Waals surface area contributed by atoms with E-state index in [0.717, 1.165) is 16.5 Å². The third-order valence-corrected chi connectivity index (χ3v) is 5.77. The van der Waals surface area contributed by atoms with Gasteiger partial charge < -0.3 is 5.32 Å². The van der Waals surface area contributed by atoms with Crippen molar-refractivity contribution >= 4 is 16.9 Å². The van der Waals surface area contributed by atoms with Crippen molar-refractivity contribution in [3.8, 4) is 0 Å². The number of halogens is 1. The number of nitrogens with one attached hydrogen (secondary N) is 1. The molecule has 3 rings (SSSR count). The molecule has 1 spiro atoms. The minimum Gasteiger partial charge on any atom is -0.359 e. The van der Waals surface area contributed by atoms with Crippen molar-refractivity contribution in [2.45, 2.75) is 58.0 Å². The monoisotopic (exact) mass is 306 g/mol. The summed E-state index contributed by atoms with van der Waals surface area (Å²) < 4.78 is 13.6. The Hall–Kier alpha value is -1.03. The zero-order valence-corrected chi connectivity index (χ0v) is 13.7. The molecule has 2 nitrogen and oxygen atoms in total. The van der Waals surface area contributed by atoms with E-state index in [9.17, 15) is 4.39 Å². The third kappa shape index (κ3) is 3.25. The number of aryl methyl sites for hydroxylation is 2. The first-order chi connectivity index (χ1) is 10.1. The summed E-state index contributed by atoms with van der Waals surface area (Å²) in [6.07, 6.45) is 6.57. The fourth-order valence-corrected chi connectivity index (χ4v) is 4.60. The van der Waals surface area contributed by atoms with Crippen molar-refractivity contribution in [2.75, 3.05) is 5.75 Å². The molecule has 1 N–H and O–H groups in total. The predicted octanol–water partition coefficient (Wildman–Crippen LogP) is 4.34. The number of benzene rings is 1. The lowest BCUT2D eigenvalue weighted by Crippen LogP contribution is -2.45. The summed E-state index contributed by atoms with van der Waals surface area (Å²) in [5.74, 6) is 1.05. The van der Waals surface area contributed by atoms with Crippen LogP contribution in [0.5, 0.6) is 0 Å². The Morgan fingerprint density at radius 2 is 1.86 bits per heavy atom. The van der Waals surface area contributed by atoms with Crippen LogP contribution in [-0.4, -0.2) is 16.5 Å². The number of rotatable bonds is 2. The lowest BCUT2D eigenvalue weighted by molar-refractivity contribution is 0.303. The van der Waals surface area contributed by atoms with E-state index >= 15 is 0 Å². The molecule has 1 aromatic carbocycles. The number of hydrogen-bond donors (Lipinski definition) is 1. The van der Waals surface area contributed by atoms with Gasteiger partial charge in [-0.1, -0.05) is 43.2 Å². The van der Waals surface area contributed by atoms with Crippen molar-refractivity contribution in [2.24, 2.45) is 4.99 Å². The zero-order valence-electron chi connectivity index (χ0n) is 12.8. The first-order valence-electron chi connectivity index (χ1n) is 7.79. The van der Waals surface area contributed by atoms with Gasteiger partial charge in [0.2, 0.25) is 0 Å². The lowest BCUT2D eigenvalue weighted by Gasteiger charge is -2.32. The lowest BCUT2D eigenvalue weighted by atomic mass is 9.83. The van der Waals surface area contributed by atoms with Gasteiger partial charge in [0.25, 0.3) is 0 Å². The fraction of sp³-hybridized carbons (Fsp3) is 0.588. The van der Waals surface area contributed by atoms with E-state index in [1.165, 1.54) is 32.1 Å². The molecule has 0 radical (unpaired) electrons. The van der Waals surface area contributed by atoms with Crippen LogP contribution < -0.4 is 5.32 Å². The average Bonchev–Trinajstić information content (AvgIpc) is 2.86. The van der Waals surface area contributed by atoms with Gasteiger partial charge in [-0.2, -0.15) is 0 Å². The summed E-state index contributed by atoms with van der Waals surface area (Å²) in [6, 6.07) is 3.81. The van der Waals surface area contributed by atoms with E-state index < -0.39 is 0 Å². The Kier molecular flexibility index (Phi) is 4.25. The number of nitrogens with zero attached hydrogens (tertiary/aromatic N) is 1. The molecule has 0 unspecified atom stereocenters. The first-order valence-corrected chi connectivity index (χ1v) is 8.78. The molecular weight excluding hydrogens is 283 g/mol. The molecule has 2 aliphatic rings. The van der Waals surface area contributed by atoms with E-state index in [-0.39, 0.29) is 5.82 Å². The molecule has 1 aliphatic heterocycles. The van der Waals surface area contributed by atoms with Crippen LogP contribution >= 0.6 is 11.8 Å². The van der Waals surface area contributed by atoms with Crippen LogP contribution in [0, 0.1) is 19.7 Å². The normalized spacial score (nSPS) is 22.7. The van der Waals surface area contributed by atoms with Gasteiger partial charge in [0.1, 0.15) is 5.82 Å². The highest BCUT2D eigenvalue weighted by Crippen LogP contribution is 2.36. The SMILES string of the molecule is Cc1cc(CN=C2NC3(CCCCC3)CS2)cc(C)c1F. The number of aliphatic imine (C=N–C) groups is 1. The van der Waals surface area contributed by atoms with Gasteiger partial charge in [0.05, 0.1) is 6.54 Å². The van der Waals surface area contributed by atoms with Gasteiger partial charge >= 0.3 is 0 Å². The van der Waals surface area contributed by atoms with Gasteiger partial charge in [0.15, 0.2) is 5.17 Å². The zero-order chi connectivity index (χ0) is 14.9. The molecule has 0 bridgehead atoms. The molecule has 1 aromatic rings. The van der Waals surface area contributed by atoms with E-state index in [0.29, 0.717) is 23.2 Å². The summed E-state index contributed by atoms with van der Waals surface area (Å²) in [5.41, 5.74) is 2.81. The Morgan fingerprint density at radius 3 is 2.52 bits per heavy atom. The Labute approximate surface area is 130 Å². The number of amidine groups is 1. The van der Waals surface area contributed by atoms with Crippen LogP contribution in [0.2, 0.25) is 0 Å². The maximum atomic E-state index is 13.6. The van der Waals surface area contributed by atoms with Crippen LogP contribution in [0.1, 0.15) is 48.8 Å². The van der Waals surface area contributed by atoms with Crippen molar-refractivity contribution in [3.05, 3.63) is 34.6 Å². The highest BCUT2D eigenvalue weighted by molar-refractivity contribution is 8.14. The molecule has 0 amide bonds. The van der Waals surface area contributed by atoms with E-state index in [1.54, 1.807) is 0 Å². The fourth-order valence-electron chi connectivity index (χ4n) is 3.38. The molecule has 1 saturated heterocycles. The van der Waals surface area contributed by atoms with Crippen molar-refractivity contribution in [1.82, 2.24) is 5.32 Å². The first kappa shape index (κ1) is 14.9. The maximum Gasteiger partial charge on any atom is 0.157 e. The molecule has 0 atom stereocenters. The quantitative estimate of drug-likeness (QED) is 0.879. The molecule has 1 saturated carbocycles. The van der Waals surface area contributed by atoms with Gasteiger partial charge in [0, 0.05) is 11.3 Å². The Balaban J connectivity index is 1.67. The second kappa shape index (κ2) is 5.99. The average molecular weight is 306 g/mol. The van der Waals surface area contributed by atoms with E-state index in [4.69, 9.17) is 4.99 Å². The smallest absolute Gasteiger partial charge is 0.157 e. The van der Waals surface area contributed by atoms with Crippen molar-refractivity contribution in [1.29, 1.82) is 0 Å². The summed E-state index contributed by atoms with van der Waals surface area (Å²) >= 11 is 1.84. The molecule has 2 fully saturated rings. The van der Waals surface area contributed by atoms with E-state index in [1.807, 2.05) is 37.7 Å². The van der Waals surface area contributed by atoms with Crippen LogP contribution in [0.3, 0.4) is 0 Å². The van der Waals surface area contributed by atoms with Gasteiger partial charge in [-0.3, -0.25) is 4.99 Å². The summed E-state index contributed by atoms with van der Waals surface area (Å²) in [4.78, 5) is 4.70. The molecule has 4 heteroatoms. The number of hydrogen-bond acceptors (Lipinski definition) is 2. The van der Waals surface area contributed by atoms with Gasteiger partial charge in [-0.15, -0.1) is 0 Å². The van der Waals surface area contributed by atoms with Crippen molar-refractivity contribution < 1.29 is 4.39 Å². The second-order valence-electron chi connectivity index (χ2n) is 6.42. The highest BCUT2D eigenvalue weighted by atomic mass is 32.2. The third-order valence-electron chi connectivity index (χ3n) is 4.57. The van der Waals surface area contributed by atoms with Crippen molar-refractivity contribution in [3.63, 3.8) is 0 Å². The maximum absolute atomic E-state index is 13.6. The Bertz CT molecular complexity index is 539. The minimum absolute atomic E-state index is 0.0964. The van der Waals surface area contributed by atoms with Crippen LogP contribution in [-0.2, 0) is 6.54 Å². The standard InChI is InChI=1S/C17H23FN2S/c1-12-8-14(9-13(2)15(12)18)10-19-16-20-17(11-21-16)6-4-3-5-7-17/h8-9H,3-7,10-11H2,1-2H3,(H,19,20). The van der Waals surface area contributed by atoms with E-state index in [2.05, 4.69) is 5.32 Å².